The van der Waals surface area contributed by atoms with Crippen LogP contribution in [0.1, 0.15) is 35.5 Å². The standard InChI is InChI=1S/C35H31N2O3P/c1-39-31-18-5-3-12-25(31)27-14-11-15-28(26-13-4-6-19-32(26)40-2)35(27)41-33(29-16-7-9-20-36-29)22-24(38)23-34(41)30-17-8-10-21-37-30/h3-21,33-34H,22-23H2,1-2H3. The molecule has 1 saturated heterocycles. The summed E-state index contributed by atoms with van der Waals surface area (Å²) in [5.74, 6) is 1.85. The molecule has 0 spiro atoms. The molecule has 6 rings (SSSR count). The monoisotopic (exact) mass is 558 g/mol. The largest absolute Gasteiger partial charge is 0.496 e. The van der Waals surface area contributed by atoms with Gasteiger partial charge in [0.25, 0.3) is 0 Å². The summed E-state index contributed by atoms with van der Waals surface area (Å²) in [5.41, 5.74) is 5.93. The first-order chi connectivity index (χ1) is 20.2. The maximum atomic E-state index is 13.4. The zero-order chi connectivity index (χ0) is 28.2. The number of hydrogen-bond donors (Lipinski definition) is 0. The lowest BCUT2D eigenvalue weighted by atomic mass is 9.97. The molecule has 1 fully saturated rings. The molecule has 3 aromatic carbocycles. The lowest BCUT2D eigenvalue weighted by Crippen LogP contribution is -2.26. The highest BCUT2D eigenvalue weighted by atomic mass is 31.1. The molecule has 6 heteroatoms. The van der Waals surface area contributed by atoms with E-state index in [9.17, 15) is 4.79 Å². The van der Waals surface area contributed by atoms with Crippen molar-refractivity contribution in [3.63, 3.8) is 0 Å². The predicted octanol–water partition coefficient (Wildman–Crippen LogP) is 7.78. The normalized spacial score (nSPS) is 18.6. The number of benzene rings is 3. The second kappa shape index (κ2) is 12.0. The van der Waals surface area contributed by atoms with Gasteiger partial charge in [-0.25, -0.2) is 0 Å². The lowest BCUT2D eigenvalue weighted by Gasteiger charge is -2.40. The number of Topliss-reactive ketones (excluding diaryl/α,β-unsaturated/α-hetero) is 1. The summed E-state index contributed by atoms with van der Waals surface area (Å²) >= 11 is 0. The highest BCUT2D eigenvalue weighted by molar-refractivity contribution is 7.67. The van der Waals surface area contributed by atoms with Crippen molar-refractivity contribution in [3.05, 3.63) is 127 Å². The van der Waals surface area contributed by atoms with Crippen molar-refractivity contribution in [2.75, 3.05) is 14.2 Å². The molecule has 0 saturated carbocycles. The number of para-hydroxylation sites is 2. The summed E-state index contributed by atoms with van der Waals surface area (Å²) in [6.07, 6.45) is 4.53. The SMILES string of the molecule is COc1ccccc1-c1cccc(-c2ccccc2OC)c1P1C(c2ccccn2)CC(=O)CC1c1ccccn1. The van der Waals surface area contributed by atoms with Gasteiger partial charge in [-0.1, -0.05) is 74.7 Å². The molecule has 41 heavy (non-hydrogen) atoms. The molecule has 204 valence electrons. The Hall–Kier alpha value is -4.34. The van der Waals surface area contributed by atoms with E-state index in [2.05, 4.69) is 42.5 Å². The van der Waals surface area contributed by atoms with E-state index in [4.69, 9.17) is 19.4 Å². The zero-order valence-corrected chi connectivity index (χ0v) is 24.0. The highest BCUT2D eigenvalue weighted by Gasteiger charge is 2.43. The number of hydrogen-bond acceptors (Lipinski definition) is 5. The average Bonchev–Trinajstić information content (AvgIpc) is 3.05. The van der Waals surface area contributed by atoms with Crippen LogP contribution in [0.2, 0.25) is 0 Å². The molecule has 0 aliphatic carbocycles. The number of pyridine rings is 2. The molecule has 0 N–H and O–H groups in total. The summed E-state index contributed by atoms with van der Waals surface area (Å²) in [6, 6.07) is 34.7. The molecular weight excluding hydrogens is 527 g/mol. The summed E-state index contributed by atoms with van der Waals surface area (Å²) in [6.45, 7) is 0. The average molecular weight is 559 g/mol. The highest BCUT2D eigenvalue weighted by Crippen LogP contribution is 2.67. The smallest absolute Gasteiger partial charge is 0.134 e. The molecule has 2 unspecified atom stereocenters. The molecule has 1 aliphatic rings. The van der Waals surface area contributed by atoms with Gasteiger partial charge >= 0.3 is 0 Å². The van der Waals surface area contributed by atoms with Crippen LogP contribution in [0, 0.1) is 0 Å². The van der Waals surface area contributed by atoms with E-state index in [0.717, 1.165) is 45.1 Å². The van der Waals surface area contributed by atoms with Gasteiger partial charge in [-0.15, -0.1) is 0 Å². The van der Waals surface area contributed by atoms with Crippen molar-refractivity contribution in [2.45, 2.75) is 24.2 Å². The van der Waals surface area contributed by atoms with Gasteiger partial charge in [0.1, 0.15) is 17.3 Å². The van der Waals surface area contributed by atoms with Crippen molar-refractivity contribution in [1.82, 2.24) is 9.97 Å². The van der Waals surface area contributed by atoms with Crippen LogP contribution in [0.5, 0.6) is 11.5 Å². The van der Waals surface area contributed by atoms with E-state index in [1.54, 1.807) is 14.2 Å². The van der Waals surface area contributed by atoms with Crippen molar-refractivity contribution in [2.24, 2.45) is 0 Å². The maximum absolute atomic E-state index is 13.4. The van der Waals surface area contributed by atoms with Gasteiger partial charge in [-0.3, -0.25) is 14.8 Å². The quantitative estimate of drug-likeness (QED) is 0.191. The van der Waals surface area contributed by atoms with Crippen LogP contribution in [-0.4, -0.2) is 30.0 Å². The summed E-state index contributed by atoms with van der Waals surface area (Å²) in [4.78, 5) is 23.0. The Kier molecular flexibility index (Phi) is 7.89. The Bertz CT molecular complexity index is 1540. The van der Waals surface area contributed by atoms with Crippen molar-refractivity contribution >= 4 is 19.0 Å². The number of carbonyl (C=O) groups excluding carboxylic acids is 1. The fourth-order valence-electron chi connectivity index (χ4n) is 5.87. The Morgan fingerprint density at radius 3 is 1.46 bits per heavy atom. The molecule has 5 aromatic rings. The van der Waals surface area contributed by atoms with Gasteiger partial charge in [0.2, 0.25) is 0 Å². The molecule has 0 radical (unpaired) electrons. The van der Waals surface area contributed by atoms with Crippen LogP contribution < -0.4 is 14.8 Å². The maximum Gasteiger partial charge on any atom is 0.134 e. The molecule has 1 aliphatic heterocycles. The first kappa shape index (κ1) is 26.9. The fourth-order valence-corrected chi connectivity index (χ4v) is 9.55. The van der Waals surface area contributed by atoms with Gasteiger partial charge in [0.05, 0.1) is 14.2 Å². The third kappa shape index (κ3) is 5.26. The number of carbonyl (C=O) groups is 1. The number of aromatic nitrogens is 2. The summed E-state index contributed by atoms with van der Waals surface area (Å²) in [5, 5.41) is 1.20. The van der Waals surface area contributed by atoms with Crippen LogP contribution in [0.25, 0.3) is 22.3 Å². The topological polar surface area (TPSA) is 61.3 Å². The zero-order valence-electron chi connectivity index (χ0n) is 23.1. The third-order valence-corrected chi connectivity index (χ3v) is 10.9. The van der Waals surface area contributed by atoms with Crippen LogP contribution in [-0.2, 0) is 4.79 Å². The molecular formula is C35H31N2O3P. The van der Waals surface area contributed by atoms with Gasteiger partial charge in [-0.05, 0) is 52.8 Å². The lowest BCUT2D eigenvalue weighted by molar-refractivity contribution is -0.119. The van der Waals surface area contributed by atoms with Gasteiger partial charge in [0.15, 0.2) is 0 Å². The minimum absolute atomic E-state index is 0.0798. The molecule has 0 amide bonds. The molecule has 0 bridgehead atoms. The second-order valence-corrected chi connectivity index (χ2v) is 12.5. The van der Waals surface area contributed by atoms with E-state index in [1.807, 2.05) is 73.1 Å². The molecule has 2 aromatic heterocycles. The Morgan fingerprint density at radius 2 is 1.02 bits per heavy atom. The number of nitrogens with zero attached hydrogens (tertiary/aromatic N) is 2. The summed E-state index contributed by atoms with van der Waals surface area (Å²) in [7, 11) is 2.36. The van der Waals surface area contributed by atoms with Crippen molar-refractivity contribution < 1.29 is 14.3 Å². The van der Waals surface area contributed by atoms with Gasteiger partial charge in [-0.2, -0.15) is 0 Å². The fraction of sp³-hybridized carbons (Fsp3) is 0.171. The minimum atomic E-state index is -1.05. The number of ether oxygens (including phenoxy) is 2. The van der Waals surface area contributed by atoms with E-state index in [-0.39, 0.29) is 17.1 Å². The predicted molar refractivity (Wildman–Crippen MR) is 165 cm³/mol. The van der Waals surface area contributed by atoms with Crippen LogP contribution in [0.15, 0.2) is 116 Å². The summed E-state index contributed by atoms with van der Waals surface area (Å²) < 4.78 is 11.8. The first-order valence-corrected chi connectivity index (χ1v) is 15.2. The van der Waals surface area contributed by atoms with Gasteiger partial charge < -0.3 is 9.47 Å². The van der Waals surface area contributed by atoms with E-state index < -0.39 is 7.92 Å². The number of ketones is 1. The van der Waals surface area contributed by atoms with Crippen LogP contribution in [0.4, 0.5) is 0 Å². The molecule has 5 nitrogen and oxygen atoms in total. The second-order valence-electron chi connectivity index (χ2n) is 10.00. The van der Waals surface area contributed by atoms with Gasteiger partial charge in [0, 0.05) is 59.1 Å². The first-order valence-electron chi connectivity index (χ1n) is 13.7. The van der Waals surface area contributed by atoms with Crippen LogP contribution in [0.3, 0.4) is 0 Å². The Balaban J connectivity index is 1.70. The third-order valence-electron chi connectivity index (χ3n) is 7.66. The van der Waals surface area contributed by atoms with E-state index in [0.29, 0.717) is 12.8 Å². The van der Waals surface area contributed by atoms with E-state index in [1.165, 1.54) is 5.30 Å². The number of rotatable bonds is 7. The minimum Gasteiger partial charge on any atom is -0.496 e. The van der Waals surface area contributed by atoms with E-state index >= 15 is 0 Å². The number of methoxy groups -OCH3 is 2. The Morgan fingerprint density at radius 1 is 0.585 bits per heavy atom. The Labute approximate surface area is 242 Å². The molecule has 2 atom stereocenters. The molecule has 3 heterocycles. The van der Waals surface area contributed by atoms with Crippen molar-refractivity contribution in [1.29, 1.82) is 0 Å². The van der Waals surface area contributed by atoms with Crippen molar-refractivity contribution in [3.8, 4) is 33.8 Å². The van der Waals surface area contributed by atoms with Crippen LogP contribution >= 0.6 is 7.92 Å².